The number of rotatable bonds is 5. The fourth-order valence-electron chi connectivity index (χ4n) is 4.10. The average molecular weight is 369 g/mol. The van der Waals surface area contributed by atoms with Gasteiger partial charge in [0.15, 0.2) is 0 Å². The molecule has 2 N–H and O–H groups in total. The van der Waals surface area contributed by atoms with Crippen LogP contribution in [0.4, 0.5) is 0 Å². The Bertz CT molecular complexity index is 789. The van der Waals surface area contributed by atoms with Crippen molar-refractivity contribution in [3.8, 4) is 0 Å². The quantitative estimate of drug-likeness (QED) is 0.848. The summed E-state index contributed by atoms with van der Waals surface area (Å²) in [7, 11) is 0. The van der Waals surface area contributed by atoms with Crippen molar-refractivity contribution < 1.29 is 9.59 Å². The number of hydrogen-bond donors (Lipinski definition) is 2. The molecule has 0 spiro atoms. The van der Waals surface area contributed by atoms with Gasteiger partial charge >= 0.3 is 0 Å². The summed E-state index contributed by atoms with van der Waals surface area (Å²) in [5, 5.41) is 7.55. The molecule has 7 heteroatoms. The highest BCUT2D eigenvalue weighted by Crippen LogP contribution is 2.21. The number of carbonyl (C=O) groups is 2. The number of hydrogen-bond acceptors (Lipinski definition) is 3. The van der Waals surface area contributed by atoms with Gasteiger partial charge in [-0.05, 0) is 37.8 Å². The number of amides is 2. The van der Waals surface area contributed by atoms with Crippen LogP contribution < -0.4 is 5.32 Å². The van der Waals surface area contributed by atoms with E-state index in [0.717, 1.165) is 37.2 Å². The molecule has 0 radical (unpaired) electrons. The third kappa shape index (κ3) is 4.07. The van der Waals surface area contributed by atoms with Gasteiger partial charge in [0.1, 0.15) is 0 Å². The van der Waals surface area contributed by atoms with Gasteiger partial charge in [0.2, 0.25) is 5.91 Å². The van der Waals surface area contributed by atoms with E-state index in [-0.39, 0.29) is 17.9 Å². The molecule has 27 heavy (non-hydrogen) atoms. The second-order valence-electron chi connectivity index (χ2n) is 7.55. The zero-order chi connectivity index (χ0) is 18.6. The van der Waals surface area contributed by atoms with E-state index in [4.69, 9.17) is 0 Å². The van der Waals surface area contributed by atoms with Crippen LogP contribution in [0.25, 0.3) is 0 Å². The van der Waals surface area contributed by atoms with Crippen LogP contribution >= 0.6 is 0 Å². The lowest BCUT2D eigenvalue weighted by atomic mass is 10.1. The molecular formula is C20H27N5O2. The standard InChI is InChI=1S/C20H27N5O2/c26-19(9-8-15-7-3-10-21-15)24-11-4-12-25-18(14-24)17(13-22-25)20(27)23-16-5-1-2-6-16/h3,7,10,13,16,21H,1-2,4-6,8-9,11-12,14H2,(H,23,27). The van der Waals surface area contributed by atoms with Crippen molar-refractivity contribution >= 4 is 11.8 Å². The summed E-state index contributed by atoms with van der Waals surface area (Å²) in [5.41, 5.74) is 2.54. The number of carbonyl (C=O) groups excluding carboxylic acids is 2. The van der Waals surface area contributed by atoms with Gasteiger partial charge in [-0.1, -0.05) is 12.8 Å². The fourth-order valence-corrected chi connectivity index (χ4v) is 4.10. The topological polar surface area (TPSA) is 83.0 Å². The molecule has 0 bridgehead atoms. The lowest BCUT2D eigenvalue weighted by Crippen LogP contribution is -2.34. The van der Waals surface area contributed by atoms with E-state index in [1.165, 1.54) is 12.8 Å². The Morgan fingerprint density at radius 3 is 2.85 bits per heavy atom. The number of aryl methyl sites for hydroxylation is 2. The zero-order valence-corrected chi connectivity index (χ0v) is 15.6. The summed E-state index contributed by atoms with van der Waals surface area (Å²) in [6, 6.07) is 4.22. The van der Waals surface area contributed by atoms with Gasteiger partial charge in [-0.25, -0.2) is 0 Å². The Morgan fingerprint density at radius 1 is 1.22 bits per heavy atom. The molecule has 144 valence electrons. The first-order valence-corrected chi connectivity index (χ1v) is 9.96. The minimum Gasteiger partial charge on any atom is -0.365 e. The number of nitrogens with zero attached hydrogens (tertiary/aromatic N) is 3. The van der Waals surface area contributed by atoms with Gasteiger partial charge in [0.25, 0.3) is 5.91 Å². The summed E-state index contributed by atoms with van der Waals surface area (Å²) in [4.78, 5) is 30.5. The lowest BCUT2D eigenvalue weighted by Gasteiger charge is -2.21. The summed E-state index contributed by atoms with van der Waals surface area (Å²) < 4.78 is 1.89. The maximum absolute atomic E-state index is 12.7. The van der Waals surface area contributed by atoms with Crippen molar-refractivity contribution in [3.63, 3.8) is 0 Å². The third-order valence-electron chi connectivity index (χ3n) is 5.65. The van der Waals surface area contributed by atoms with E-state index >= 15 is 0 Å². The van der Waals surface area contributed by atoms with Crippen LogP contribution in [0.5, 0.6) is 0 Å². The smallest absolute Gasteiger partial charge is 0.255 e. The molecule has 2 amide bonds. The van der Waals surface area contributed by atoms with Crippen LogP contribution in [0.3, 0.4) is 0 Å². The predicted octanol–water partition coefficient (Wildman–Crippen LogP) is 2.25. The van der Waals surface area contributed by atoms with Gasteiger partial charge in [-0.2, -0.15) is 5.10 Å². The van der Waals surface area contributed by atoms with Crippen LogP contribution in [0.1, 0.15) is 60.3 Å². The Kier molecular flexibility index (Phi) is 5.27. The molecule has 7 nitrogen and oxygen atoms in total. The van der Waals surface area contributed by atoms with E-state index in [2.05, 4.69) is 15.4 Å². The van der Waals surface area contributed by atoms with Crippen LogP contribution in [0, 0.1) is 0 Å². The highest BCUT2D eigenvalue weighted by atomic mass is 16.2. The van der Waals surface area contributed by atoms with E-state index in [9.17, 15) is 9.59 Å². The van der Waals surface area contributed by atoms with Crippen LogP contribution in [0.15, 0.2) is 24.5 Å². The SMILES string of the molecule is O=C(NC1CCCC1)c1cnn2c1CN(C(=O)CCc1ccc[nH]1)CCC2. The zero-order valence-electron chi connectivity index (χ0n) is 15.6. The molecule has 1 aliphatic heterocycles. The molecule has 0 aromatic carbocycles. The van der Waals surface area contributed by atoms with Crippen molar-refractivity contribution in [2.24, 2.45) is 0 Å². The number of aromatic amines is 1. The van der Waals surface area contributed by atoms with E-state index in [0.29, 0.717) is 31.5 Å². The number of fused-ring (bicyclic) bond motifs is 1. The minimum atomic E-state index is -0.0520. The van der Waals surface area contributed by atoms with E-state index < -0.39 is 0 Å². The molecule has 1 fully saturated rings. The van der Waals surface area contributed by atoms with Crippen molar-refractivity contribution in [2.75, 3.05) is 6.54 Å². The fraction of sp³-hybridized carbons (Fsp3) is 0.550. The highest BCUT2D eigenvalue weighted by molar-refractivity contribution is 5.95. The van der Waals surface area contributed by atoms with Crippen molar-refractivity contribution in [1.29, 1.82) is 0 Å². The maximum Gasteiger partial charge on any atom is 0.255 e. The average Bonchev–Trinajstić information content (AvgIpc) is 3.40. The van der Waals surface area contributed by atoms with Gasteiger partial charge in [0.05, 0.1) is 24.0 Å². The second-order valence-corrected chi connectivity index (χ2v) is 7.55. The lowest BCUT2D eigenvalue weighted by molar-refractivity contribution is -0.131. The highest BCUT2D eigenvalue weighted by Gasteiger charge is 2.26. The van der Waals surface area contributed by atoms with Gasteiger partial charge < -0.3 is 15.2 Å². The van der Waals surface area contributed by atoms with Crippen LogP contribution in [-0.4, -0.2) is 44.1 Å². The third-order valence-corrected chi connectivity index (χ3v) is 5.65. The molecule has 3 heterocycles. The normalized spacial score (nSPS) is 17.6. The molecule has 0 atom stereocenters. The molecule has 2 aromatic heterocycles. The number of nitrogens with one attached hydrogen (secondary N) is 2. The van der Waals surface area contributed by atoms with E-state index in [1.807, 2.05) is 27.9 Å². The molecule has 4 rings (SSSR count). The minimum absolute atomic E-state index is 0.0520. The van der Waals surface area contributed by atoms with Gasteiger partial charge in [0, 0.05) is 37.4 Å². The molecular weight excluding hydrogens is 342 g/mol. The largest absolute Gasteiger partial charge is 0.365 e. The Balaban J connectivity index is 1.43. The van der Waals surface area contributed by atoms with Crippen molar-refractivity contribution in [3.05, 3.63) is 41.5 Å². The molecule has 0 saturated heterocycles. The molecule has 2 aliphatic rings. The Hall–Kier alpha value is -2.57. The molecule has 2 aromatic rings. The number of aromatic nitrogens is 3. The summed E-state index contributed by atoms with van der Waals surface area (Å²) in [6.45, 7) is 1.90. The Labute approximate surface area is 159 Å². The van der Waals surface area contributed by atoms with Crippen molar-refractivity contribution in [2.45, 2.75) is 64.1 Å². The van der Waals surface area contributed by atoms with Crippen LogP contribution in [0.2, 0.25) is 0 Å². The van der Waals surface area contributed by atoms with Crippen molar-refractivity contribution in [1.82, 2.24) is 25.0 Å². The first kappa shape index (κ1) is 17.8. The summed E-state index contributed by atoms with van der Waals surface area (Å²) >= 11 is 0. The monoisotopic (exact) mass is 369 g/mol. The molecule has 0 unspecified atom stereocenters. The van der Waals surface area contributed by atoms with Gasteiger partial charge in [-0.3, -0.25) is 14.3 Å². The van der Waals surface area contributed by atoms with Crippen LogP contribution in [-0.2, 0) is 24.3 Å². The predicted molar refractivity (Wildman–Crippen MR) is 101 cm³/mol. The first-order valence-electron chi connectivity index (χ1n) is 9.96. The molecule has 1 saturated carbocycles. The molecule has 1 aliphatic carbocycles. The summed E-state index contributed by atoms with van der Waals surface area (Å²) in [6.07, 6.45) is 10.0. The first-order chi connectivity index (χ1) is 13.2. The van der Waals surface area contributed by atoms with E-state index in [1.54, 1.807) is 6.20 Å². The maximum atomic E-state index is 12.7. The Morgan fingerprint density at radius 2 is 2.07 bits per heavy atom. The second kappa shape index (κ2) is 7.98. The summed E-state index contributed by atoms with van der Waals surface area (Å²) in [5.74, 6) is 0.0743. The van der Waals surface area contributed by atoms with Gasteiger partial charge in [-0.15, -0.1) is 0 Å². The number of H-pyrrole nitrogens is 1.